The Kier molecular flexibility index (Phi) is 6.99. The van der Waals surface area contributed by atoms with Gasteiger partial charge in [0.2, 0.25) is 5.91 Å². The molecule has 0 aromatic heterocycles. The number of amides is 2. The molecule has 3 N–H and O–H groups in total. The van der Waals surface area contributed by atoms with Crippen LogP contribution in [-0.4, -0.2) is 37.1 Å². The summed E-state index contributed by atoms with van der Waals surface area (Å²) in [6, 6.07) is 5.27. The Morgan fingerprint density at radius 1 is 1.33 bits per heavy atom. The van der Waals surface area contributed by atoms with Crippen molar-refractivity contribution in [2.24, 2.45) is 0 Å². The van der Waals surface area contributed by atoms with Crippen molar-refractivity contribution < 1.29 is 14.7 Å². The van der Waals surface area contributed by atoms with Gasteiger partial charge in [-0.15, -0.1) is 0 Å². The van der Waals surface area contributed by atoms with E-state index in [-0.39, 0.29) is 31.4 Å². The van der Waals surface area contributed by atoms with Crippen LogP contribution in [0.4, 0.5) is 0 Å². The highest BCUT2D eigenvalue weighted by atomic mass is 16.2. The Balaban J connectivity index is 2.71. The molecular formula is C16H20N2O3. The first-order chi connectivity index (χ1) is 10.1. The summed E-state index contributed by atoms with van der Waals surface area (Å²) in [7, 11) is 1.56. The summed E-state index contributed by atoms with van der Waals surface area (Å²) < 4.78 is 0. The van der Waals surface area contributed by atoms with Gasteiger partial charge in [-0.1, -0.05) is 17.9 Å². The first-order valence-electron chi connectivity index (χ1n) is 6.77. The van der Waals surface area contributed by atoms with Gasteiger partial charge in [-0.05, 0) is 24.6 Å². The van der Waals surface area contributed by atoms with Crippen LogP contribution in [0, 0.1) is 18.8 Å². The lowest BCUT2D eigenvalue weighted by Gasteiger charge is -2.06. The Labute approximate surface area is 124 Å². The third-order valence-electron chi connectivity index (χ3n) is 2.88. The summed E-state index contributed by atoms with van der Waals surface area (Å²) in [6.45, 7) is 2.22. The Hall–Kier alpha value is -2.32. The van der Waals surface area contributed by atoms with Crippen molar-refractivity contribution in [3.8, 4) is 11.8 Å². The van der Waals surface area contributed by atoms with Gasteiger partial charge in [0.15, 0.2) is 0 Å². The highest BCUT2D eigenvalue weighted by Crippen LogP contribution is 2.10. The predicted octanol–water partition coefficient (Wildman–Crippen LogP) is 0.595. The summed E-state index contributed by atoms with van der Waals surface area (Å²) in [5, 5.41) is 13.9. The molecule has 0 saturated heterocycles. The molecule has 0 bridgehead atoms. The lowest BCUT2D eigenvalue weighted by molar-refractivity contribution is -0.120. The SMILES string of the molecule is CNC(=O)CCNC(=O)c1ccc(C)c(C#CCCO)c1. The van der Waals surface area contributed by atoms with Gasteiger partial charge in [-0.3, -0.25) is 9.59 Å². The van der Waals surface area contributed by atoms with Crippen LogP contribution in [0.1, 0.15) is 34.3 Å². The fourth-order valence-corrected chi connectivity index (χ4v) is 1.63. The first kappa shape index (κ1) is 16.7. The lowest BCUT2D eigenvalue weighted by Crippen LogP contribution is -2.29. The zero-order valence-corrected chi connectivity index (χ0v) is 12.3. The molecule has 2 amide bonds. The van der Waals surface area contributed by atoms with Crippen LogP contribution in [0.5, 0.6) is 0 Å². The topological polar surface area (TPSA) is 78.4 Å². The fourth-order valence-electron chi connectivity index (χ4n) is 1.63. The van der Waals surface area contributed by atoms with Crippen LogP contribution < -0.4 is 10.6 Å². The summed E-state index contributed by atoms with van der Waals surface area (Å²) >= 11 is 0. The molecule has 1 aromatic carbocycles. The van der Waals surface area contributed by atoms with Gasteiger partial charge in [0.05, 0.1) is 6.61 Å². The normalized spacial score (nSPS) is 9.48. The number of carbonyl (C=O) groups is 2. The molecule has 0 aliphatic heterocycles. The van der Waals surface area contributed by atoms with Crippen molar-refractivity contribution in [1.82, 2.24) is 10.6 Å². The molecule has 0 saturated carbocycles. The zero-order valence-electron chi connectivity index (χ0n) is 12.3. The second-order valence-electron chi connectivity index (χ2n) is 4.48. The van der Waals surface area contributed by atoms with Crippen molar-refractivity contribution >= 4 is 11.8 Å². The average molecular weight is 288 g/mol. The van der Waals surface area contributed by atoms with E-state index in [4.69, 9.17) is 5.11 Å². The number of hydrogen-bond acceptors (Lipinski definition) is 3. The van der Waals surface area contributed by atoms with E-state index in [1.54, 1.807) is 19.2 Å². The monoisotopic (exact) mass is 288 g/mol. The van der Waals surface area contributed by atoms with Gasteiger partial charge in [-0.25, -0.2) is 0 Å². The number of carbonyl (C=O) groups excluding carboxylic acids is 2. The summed E-state index contributed by atoms with van der Waals surface area (Å²) in [4.78, 5) is 23.1. The van der Waals surface area contributed by atoms with E-state index in [0.29, 0.717) is 12.0 Å². The predicted molar refractivity (Wildman–Crippen MR) is 80.8 cm³/mol. The molecule has 0 aliphatic rings. The molecule has 0 atom stereocenters. The molecule has 112 valence electrons. The molecule has 0 aliphatic carbocycles. The molecule has 0 unspecified atom stereocenters. The molecule has 0 spiro atoms. The third-order valence-corrected chi connectivity index (χ3v) is 2.88. The fraction of sp³-hybridized carbons (Fsp3) is 0.375. The lowest BCUT2D eigenvalue weighted by atomic mass is 10.0. The van der Waals surface area contributed by atoms with E-state index >= 15 is 0 Å². The van der Waals surface area contributed by atoms with Crippen LogP contribution in [0.25, 0.3) is 0 Å². The molecule has 5 nitrogen and oxygen atoms in total. The van der Waals surface area contributed by atoms with Gasteiger partial charge in [0.25, 0.3) is 5.91 Å². The number of aryl methyl sites for hydroxylation is 1. The number of aliphatic hydroxyl groups is 1. The molecule has 0 heterocycles. The molecule has 0 radical (unpaired) electrons. The van der Waals surface area contributed by atoms with Gasteiger partial charge < -0.3 is 15.7 Å². The molecule has 21 heavy (non-hydrogen) atoms. The van der Waals surface area contributed by atoms with Crippen molar-refractivity contribution in [2.45, 2.75) is 19.8 Å². The number of aliphatic hydroxyl groups excluding tert-OH is 1. The van der Waals surface area contributed by atoms with E-state index in [1.807, 2.05) is 13.0 Å². The summed E-state index contributed by atoms with van der Waals surface area (Å²) in [6.07, 6.45) is 0.652. The largest absolute Gasteiger partial charge is 0.395 e. The van der Waals surface area contributed by atoms with Crippen LogP contribution in [0.3, 0.4) is 0 Å². The minimum Gasteiger partial charge on any atom is -0.395 e. The van der Waals surface area contributed by atoms with E-state index in [9.17, 15) is 9.59 Å². The van der Waals surface area contributed by atoms with E-state index in [0.717, 1.165) is 11.1 Å². The standard InChI is InChI=1S/C16H20N2O3/c1-12-6-7-14(11-13(12)5-3-4-10-19)16(21)18-9-8-15(20)17-2/h6-7,11,19H,4,8-10H2,1-2H3,(H,17,20)(H,18,21). The second kappa shape index (κ2) is 8.77. The smallest absolute Gasteiger partial charge is 0.251 e. The quantitative estimate of drug-likeness (QED) is 0.694. The van der Waals surface area contributed by atoms with Gasteiger partial charge in [0, 0.05) is 37.6 Å². The molecule has 0 fully saturated rings. The van der Waals surface area contributed by atoms with Crippen LogP contribution >= 0.6 is 0 Å². The highest BCUT2D eigenvalue weighted by molar-refractivity contribution is 5.94. The maximum atomic E-state index is 12.0. The minimum absolute atomic E-state index is 0.0196. The maximum Gasteiger partial charge on any atom is 0.251 e. The summed E-state index contributed by atoms with van der Waals surface area (Å²) in [5.41, 5.74) is 2.25. The minimum atomic E-state index is -0.232. The molecule has 1 rings (SSSR count). The number of benzene rings is 1. The Morgan fingerprint density at radius 2 is 2.10 bits per heavy atom. The van der Waals surface area contributed by atoms with Crippen molar-refractivity contribution in [1.29, 1.82) is 0 Å². The Morgan fingerprint density at radius 3 is 2.76 bits per heavy atom. The van der Waals surface area contributed by atoms with E-state index in [2.05, 4.69) is 22.5 Å². The maximum absolute atomic E-state index is 12.0. The van der Waals surface area contributed by atoms with Gasteiger partial charge >= 0.3 is 0 Å². The van der Waals surface area contributed by atoms with Gasteiger partial charge in [-0.2, -0.15) is 0 Å². The summed E-state index contributed by atoms with van der Waals surface area (Å²) in [5.74, 6) is 5.43. The van der Waals surface area contributed by atoms with E-state index < -0.39 is 0 Å². The van der Waals surface area contributed by atoms with E-state index in [1.165, 1.54) is 0 Å². The zero-order chi connectivity index (χ0) is 15.7. The number of rotatable bonds is 5. The first-order valence-corrected chi connectivity index (χ1v) is 6.77. The van der Waals surface area contributed by atoms with Crippen molar-refractivity contribution in [3.05, 3.63) is 34.9 Å². The highest BCUT2D eigenvalue weighted by Gasteiger charge is 2.07. The second-order valence-corrected chi connectivity index (χ2v) is 4.48. The number of nitrogens with one attached hydrogen (secondary N) is 2. The van der Waals surface area contributed by atoms with Crippen LogP contribution in [-0.2, 0) is 4.79 Å². The average Bonchev–Trinajstić information content (AvgIpc) is 2.49. The van der Waals surface area contributed by atoms with Gasteiger partial charge in [0.1, 0.15) is 0 Å². The van der Waals surface area contributed by atoms with Crippen molar-refractivity contribution in [2.75, 3.05) is 20.2 Å². The van der Waals surface area contributed by atoms with Crippen molar-refractivity contribution in [3.63, 3.8) is 0 Å². The Bertz CT molecular complexity index is 571. The molecule has 1 aromatic rings. The molecular weight excluding hydrogens is 268 g/mol. The van der Waals surface area contributed by atoms with Crippen LogP contribution in [0.15, 0.2) is 18.2 Å². The third kappa shape index (κ3) is 5.67. The number of hydrogen-bond donors (Lipinski definition) is 3. The van der Waals surface area contributed by atoms with Crippen LogP contribution in [0.2, 0.25) is 0 Å². The molecule has 5 heteroatoms.